The SMILES string of the molecule is CCCCC(CC)C(N)c1c(OC)cnn1CCN(C)C. The molecule has 21 heavy (non-hydrogen) atoms. The lowest BCUT2D eigenvalue weighted by molar-refractivity contribution is 0.325. The van der Waals surface area contributed by atoms with Crippen molar-refractivity contribution in [2.45, 2.75) is 52.1 Å². The fraction of sp³-hybridized carbons (Fsp3) is 0.812. The highest BCUT2D eigenvalue weighted by Crippen LogP contribution is 2.32. The number of unbranched alkanes of at least 4 members (excludes halogenated alkanes) is 1. The molecule has 2 atom stereocenters. The molecule has 5 nitrogen and oxygen atoms in total. The van der Waals surface area contributed by atoms with Gasteiger partial charge in [0.25, 0.3) is 0 Å². The minimum atomic E-state index is -0.0128. The van der Waals surface area contributed by atoms with Gasteiger partial charge in [-0.15, -0.1) is 0 Å². The number of nitrogens with zero attached hydrogens (tertiary/aromatic N) is 3. The van der Waals surface area contributed by atoms with Crippen LogP contribution in [0.15, 0.2) is 6.20 Å². The van der Waals surface area contributed by atoms with Crippen molar-refractivity contribution in [1.29, 1.82) is 0 Å². The van der Waals surface area contributed by atoms with Gasteiger partial charge in [-0.1, -0.05) is 33.1 Å². The van der Waals surface area contributed by atoms with Gasteiger partial charge in [-0.25, -0.2) is 0 Å². The predicted molar refractivity (Wildman–Crippen MR) is 87.6 cm³/mol. The normalized spacial score (nSPS) is 14.4. The van der Waals surface area contributed by atoms with Gasteiger partial charge < -0.3 is 15.4 Å². The second-order valence-corrected chi connectivity index (χ2v) is 5.96. The molecule has 0 bridgehead atoms. The zero-order valence-corrected chi connectivity index (χ0v) is 14.3. The Bertz CT molecular complexity index is 403. The zero-order chi connectivity index (χ0) is 15.8. The first-order valence-electron chi connectivity index (χ1n) is 8.05. The summed E-state index contributed by atoms with van der Waals surface area (Å²) < 4.78 is 7.49. The second-order valence-electron chi connectivity index (χ2n) is 5.96. The third-order valence-electron chi connectivity index (χ3n) is 4.10. The summed E-state index contributed by atoms with van der Waals surface area (Å²) in [5, 5.41) is 4.46. The molecule has 1 rings (SSSR count). The highest BCUT2D eigenvalue weighted by Gasteiger charge is 2.25. The van der Waals surface area contributed by atoms with Gasteiger partial charge in [-0.05, 0) is 26.4 Å². The number of hydrogen-bond acceptors (Lipinski definition) is 4. The van der Waals surface area contributed by atoms with E-state index in [1.807, 2.05) is 4.68 Å². The zero-order valence-electron chi connectivity index (χ0n) is 14.3. The minimum absolute atomic E-state index is 0.0128. The maximum Gasteiger partial charge on any atom is 0.161 e. The van der Waals surface area contributed by atoms with E-state index in [0.717, 1.165) is 37.4 Å². The van der Waals surface area contributed by atoms with Gasteiger partial charge in [0.15, 0.2) is 5.75 Å². The van der Waals surface area contributed by atoms with Crippen molar-refractivity contribution in [3.8, 4) is 5.75 Å². The Morgan fingerprint density at radius 2 is 2.10 bits per heavy atom. The van der Waals surface area contributed by atoms with E-state index < -0.39 is 0 Å². The van der Waals surface area contributed by atoms with E-state index in [1.165, 1.54) is 12.8 Å². The molecule has 1 aromatic heterocycles. The first-order chi connectivity index (χ1) is 10.0. The predicted octanol–water partition coefficient (Wildman–Crippen LogP) is 2.67. The molecule has 2 N–H and O–H groups in total. The van der Waals surface area contributed by atoms with E-state index in [1.54, 1.807) is 13.3 Å². The summed E-state index contributed by atoms with van der Waals surface area (Å²) in [5.74, 6) is 1.30. The molecule has 0 aromatic carbocycles. The van der Waals surface area contributed by atoms with Crippen molar-refractivity contribution in [3.05, 3.63) is 11.9 Å². The monoisotopic (exact) mass is 296 g/mol. The van der Waals surface area contributed by atoms with Crippen LogP contribution in [0, 0.1) is 5.92 Å². The minimum Gasteiger partial charge on any atom is -0.493 e. The highest BCUT2D eigenvalue weighted by atomic mass is 16.5. The molecule has 0 aliphatic rings. The van der Waals surface area contributed by atoms with Gasteiger partial charge in [0, 0.05) is 6.54 Å². The van der Waals surface area contributed by atoms with Crippen molar-refractivity contribution >= 4 is 0 Å². The number of likely N-dealkylation sites (N-methyl/N-ethyl adjacent to an activating group) is 1. The smallest absolute Gasteiger partial charge is 0.161 e. The molecule has 1 heterocycles. The van der Waals surface area contributed by atoms with Gasteiger partial charge >= 0.3 is 0 Å². The van der Waals surface area contributed by atoms with Crippen LogP contribution in [0.2, 0.25) is 0 Å². The summed E-state index contributed by atoms with van der Waals surface area (Å²) in [6, 6.07) is -0.0128. The summed E-state index contributed by atoms with van der Waals surface area (Å²) in [4.78, 5) is 2.15. The molecule has 0 saturated heterocycles. The molecule has 2 unspecified atom stereocenters. The average Bonchev–Trinajstić information content (AvgIpc) is 2.88. The number of nitrogens with two attached hydrogens (primary N) is 1. The largest absolute Gasteiger partial charge is 0.493 e. The molecule has 1 aromatic rings. The Balaban J connectivity index is 2.93. The van der Waals surface area contributed by atoms with Crippen molar-refractivity contribution in [2.24, 2.45) is 11.7 Å². The fourth-order valence-corrected chi connectivity index (χ4v) is 2.67. The number of hydrogen-bond donors (Lipinski definition) is 1. The van der Waals surface area contributed by atoms with Crippen LogP contribution in [-0.2, 0) is 6.54 Å². The third kappa shape index (κ3) is 5.00. The van der Waals surface area contributed by atoms with Crippen LogP contribution in [0.4, 0.5) is 0 Å². The molecule has 0 amide bonds. The summed E-state index contributed by atoms with van der Waals surface area (Å²) in [7, 11) is 5.82. The molecule has 0 aliphatic heterocycles. The van der Waals surface area contributed by atoms with Crippen molar-refractivity contribution in [3.63, 3.8) is 0 Å². The maximum absolute atomic E-state index is 6.56. The standard InChI is InChI=1S/C16H32N4O/c1-6-8-9-13(7-2)15(17)16-14(21-5)12-18-20(16)11-10-19(3)4/h12-13,15H,6-11,17H2,1-5H3. The van der Waals surface area contributed by atoms with Crippen LogP contribution in [0.5, 0.6) is 5.75 Å². The van der Waals surface area contributed by atoms with Crippen molar-refractivity contribution in [2.75, 3.05) is 27.7 Å². The first-order valence-corrected chi connectivity index (χ1v) is 8.05. The molecule has 5 heteroatoms. The average molecular weight is 296 g/mol. The molecule has 0 saturated carbocycles. The topological polar surface area (TPSA) is 56.3 Å². The number of rotatable bonds is 10. The Hall–Kier alpha value is -1.07. The molecule has 0 spiro atoms. The van der Waals surface area contributed by atoms with Gasteiger partial charge in [0.2, 0.25) is 0 Å². The summed E-state index contributed by atoms with van der Waals surface area (Å²) in [5.41, 5.74) is 7.61. The maximum atomic E-state index is 6.56. The molecule has 0 radical (unpaired) electrons. The molecule has 122 valence electrons. The van der Waals surface area contributed by atoms with Crippen molar-refractivity contribution < 1.29 is 4.74 Å². The lowest BCUT2D eigenvalue weighted by atomic mass is 9.89. The van der Waals surface area contributed by atoms with Gasteiger partial charge in [-0.2, -0.15) is 5.10 Å². The van der Waals surface area contributed by atoms with Crippen LogP contribution in [0.1, 0.15) is 51.3 Å². The van der Waals surface area contributed by atoms with Crippen LogP contribution in [-0.4, -0.2) is 42.4 Å². The fourth-order valence-electron chi connectivity index (χ4n) is 2.67. The highest BCUT2D eigenvalue weighted by molar-refractivity contribution is 5.28. The van der Waals surface area contributed by atoms with E-state index in [-0.39, 0.29) is 6.04 Å². The first kappa shape index (κ1) is 18.0. The molecule has 0 aliphatic carbocycles. The lowest BCUT2D eigenvalue weighted by Gasteiger charge is -2.24. The molecular formula is C16H32N4O. The van der Waals surface area contributed by atoms with Gasteiger partial charge in [-0.3, -0.25) is 4.68 Å². The lowest BCUT2D eigenvalue weighted by Crippen LogP contribution is -2.27. The number of methoxy groups -OCH3 is 1. The molecule has 0 fully saturated rings. The Morgan fingerprint density at radius 3 is 2.62 bits per heavy atom. The Morgan fingerprint density at radius 1 is 1.38 bits per heavy atom. The van der Waals surface area contributed by atoms with E-state index in [2.05, 4.69) is 37.9 Å². The number of ether oxygens (including phenoxy) is 1. The Kier molecular flexibility index (Phi) is 7.75. The van der Waals surface area contributed by atoms with Gasteiger partial charge in [0.1, 0.15) is 0 Å². The van der Waals surface area contributed by atoms with Crippen LogP contribution in [0.3, 0.4) is 0 Å². The van der Waals surface area contributed by atoms with Crippen LogP contribution < -0.4 is 10.5 Å². The van der Waals surface area contributed by atoms with Gasteiger partial charge in [0.05, 0.1) is 31.6 Å². The Labute approximate surface area is 129 Å². The quantitative estimate of drug-likeness (QED) is 0.721. The van der Waals surface area contributed by atoms with E-state index >= 15 is 0 Å². The van der Waals surface area contributed by atoms with Crippen LogP contribution in [0.25, 0.3) is 0 Å². The number of aromatic nitrogens is 2. The van der Waals surface area contributed by atoms with E-state index in [0.29, 0.717) is 5.92 Å². The summed E-state index contributed by atoms with van der Waals surface area (Å²) in [6.45, 7) is 6.22. The second kappa shape index (κ2) is 9.05. The summed E-state index contributed by atoms with van der Waals surface area (Å²) >= 11 is 0. The van der Waals surface area contributed by atoms with E-state index in [9.17, 15) is 0 Å². The third-order valence-corrected chi connectivity index (χ3v) is 4.10. The van der Waals surface area contributed by atoms with Crippen molar-refractivity contribution in [1.82, 2.24) is 14.7 Å². The van der Waals surface area contributed by atoms with E-state index in [4.69, 9.17) is 10.5 Å². The summed E-state index contributed by atoms with van der Waals surface area (Å²) in [6.07, 6.45) is 6.47. The van der Waals surface area contributed by atoms with Crippen LogP contribution >= 0.6 is 0 Å². The molecular weight excluding hydrogens is 264 g/mol.